The number of anilines is 1. The van der Waals surface area contributed by atoms with Crippen molar-refractivity contribution in [1.29, 1.82) is 0 Å². The van der Waals surface area contributed by atoms with E-state index in [0.29, 0.717) is 34.8 Å². The van der Waals surface area contributed by atoms with E-state index in [9.17, 15) is 44.6 Å². The first-order valence-corrected chi connectivity index (χ1v) is 10.8. The zero-order valence-corrected chi connectivity index (χ0v) is 19.2. The Bertz CT molecular complexity index is 1280. The number of nitrogens with zero attached hydrogens (tertiary/aromatic N) is 2. The summed E-state index contributed by atoms with van der Waals surface area (Å²) in [6.07, 6.45) is -16.4. The van der Waals surface area contributed by atoms with Crippen molar-refractivity contribution >= 4 is 5.69 Å². The van der Waals surface area contributed by atoms with Crippen molar-refractivity contribution in [2.45, 2.75) is 57.0 Å². The van der Waals surface area contributed by atoms with Crippen molar-refractivity contribution in [2.75, 3.05) is 4.90 Å². The van der Waals surface area contributed by atoms with Gasteiger partial charge in [0, 0.05) is 22.9 Å². The highest BCUT2D eigenvalue weighted by Crippen LogP contribution is 2.51. The van der Waals surface area contributed by atoms with Crippen LogP contribution in [0.15, 0.2) is 46.9 Å². The SMILES string of the molecule is Cc1oc(-c2ccc(C(F)(F)F)cc2)nc1CN1c2ccc(C(O)(C(F)(F)F)C(F)(F)F)cc2CC1C. The predicted octanol–water partition coefficient (Wildman–Crippen LogP) is 6.93. The molecule has 4 nitrogen and oxygen atoms in total. The quantitative estimate of drug-likeness (QED) is 0.366. The molecule has 1 atom stereocenters. The maximum atomic E-state index is 13.3. The van der Waals surface area contributed by atoms with Crippen LogP contribution in [0.1, 0.15) is 35.1 Å². The number of hydrogen-bond donors (Lipinski definition) is 1. The average Bonchev–Trinajstić information content (AvgIpc) is 3.30. The average molecular weight is 538 g/mol. The van der Waals surface area contributed by atoms with Gasteiger partial charge in [0.25, 0.3) is 5.60 Å². The summed E-state index contributed by atoms with van der Waals surface area (Å²) in [4.78, 5) is 6.05. The zero-order valence-electron chi connectivity index (χ0n) is 19.2. The summed E-state index contributed by atoms with van der Waals surface area (Å²) in [6, 6.07) is 6.21. The standard InChI is InChI=1S/C24H19F9N2O2/c1-12-9-15-10-17(21(36,23(28,29)30)24(31,32)33)7-8-19(15)35(12)11-18-13(2)37-20(34-18)14-3-5-16(6-4-14)22(25,26)27/h3-8,10,12,36H,9,11H2,1-2H3. The van der Waals surface area contributed by atoms with Crippen LogP contribution >= 0.6 is 0 Å². The molecule has 0 saturated carbocycles. The Morgan fingerprint density at radius 3 is 2.03 bits per heavy atom. The fraction of sp³-hybridized carbons (Fsp3) is 0.375. The van der Waals surface area contributed by atoms with Crippen LogP contribution < -0.4 is 4.90 Å². The van der Waals surface area contributed by atoms with Gasteiger partial charge in [-0.3, -0.25) is 0 Å². The fourth-order valence-corrected chi connectivity index (χ4v) is 4.31. The van der Waals surface area contributed by atoms with E-state index in [-0.39, 0.29) is 30.5 Å². The van der Waals surface area contributed by atoms with Gasteiger partial charge < -0.3 is 14.4 Å². The maximum Gasteiger partial charge on any atom is 0.430 e. The number of alkyl halides is 9. The molecule has 37 heavy (non-hydrogen) atoms. The van der Waals surface area contributed by atoms with Crippen LogP contribution in [0.25, 0.3) is 11.5 Å². The molecule has 0 amide bonds. The third kappa shape index (κ3) is 4.64. The zero-order chi connectivity index (χ0) is 27.6. The van der Waals surface area contributed by atoms with Gasteiger partial charge in [-0.05, 0) is 56.2 Å². The largest absolute Gasteiger partial charge is 0.441 e. The van der Waals surface area contributed by atoms with Gasteiger partial charge >= 0.3 is 18.5 Å². The smallest absolute Gasteiger partial charge is 0.430 e. The van der Waals surface area contributed by atoms with E-state index < -0.39 is 35.3 Å². The molecule has 1 aliphatic rings. The highest BCUT2D eigenvalue weighted by atomic mass is 19.4. The summed E-state index contributed by atoms with van der Waals surface area (Å²) in [6.45, 7) is 3.37. The Kier molecular flexibility index (Phi) is 6.29. The highest BCUT2D eigenvalue weighted by molar-refractivity contribution is 5.62. The lowest BCUT2D eigenvalue weighted by atomic mass is 9.90. The Morgan fingerprint density at radius 2 is 1.49 bits per heavy atom. The molecule has 4 rings (SSSR count). The summed E-state index contributed by atoms with van der Waals surface area (Å²) in [5.41, 5.74) is -5.97. The predicted molar refractivity (Wildman–Crippen MR) is 113 cm³/mol. The number of aryl methyl sites for hydroxylation is 1. The number of halogens is 9. The van der Waals surface area contributed by atoms with Crippen molar-refractivity contribution < 1.29 is 49.0 Å². The van der Waals surface area contributed by atoms with Crippen LogP contribution in [0.3, 0.4) is 0 Å². The number of benzene rings is 2. The molecule has 0 saturated heterocycles. The Morgan fingerprint density at radius 1 is 0.919 bits per heavy atom. The number of fused-ring (bicyclic) bond motifs is 1. The van der Waals surface area contributed by atoms with E-state index >= 15 is 0 Å². The fourth-order valence-electron chi connectivity index (χ4n) is 4.31. The minimum absolute atomic E-state index is 0.0593. The molecular weight excluding hydrogens is 519 g/mol. The monoisotopic (exact) mass is 538 g/mol. The van der Waals surface area contributed by atoms with Crippen LogP contribution in [0.5, 0.6) is 0 Å². The molecule has 3 aromatic rings. The summed E-state index contributed by atoms with van der Waals surface area (Å²) in [7, 11) is 0. The topological polar surface area (TPSA) is 49.5 Å². The lowest BCUT2D eigenvalue weighted by Crippen LogP contribution is -2.53. The summed E-state index contributed by atoms with van der Waals surface area (Å²) in [5.74, 6) is 0.403. The first-order valence-electron chi connectivity index (χ1n) is 10.8. The molecule has 2 heterocycles. The number of oxazole rings is 1. The normalized spacial score (nSPS) is 16.9. The number of rotatable bonds is 4. The maximum absolute atomic E-state index is 13.3. The van der Waals surface area contributed by atoms with E-state index in [1.54, 1.807) is 18.7 Å². The van der Waals surface area contributed by atoms with Crippen molar-refractivity contribution in [3.8, 4) is 11.5 Å². The molecule has 1 unspecified atom stereocenters. The van der Waals surface area contributed by atoms with Crippen molar-refractivity contribution in [3.05, 3.63) is 70.6 Å². The van der Waals surface area contributed by atoms with Crippen LogP contribution in [-0.2, 0) is 24.7 Å². The number of aromatic nitrogens is 1. The van der Waals surface area contributed by atoms with Gasteiger partial charge in [0.15, 0.2) is 0 Å². The lowest BCUT2D eigenvalue weighted by Gasteiger charge is -2.33. The van der Waals surface area contributed by atoms with E-state index in [0.717, 1.165) is 18.2 Å². The molecule has 0 aliphatic carbocycles. The number of hydrogen-bond acceptors (Lipinski definition) is 4. The van der Waals surface area contributed by atoms with Gasteiger partial charge in [-0.15, -0.1) is 0 Å². The Hall–Kier alpha value is -3.22. The molecule has 1 aromatic heterocycles. The first-order chi connectivity index (χ1) is 16.9. The van der Waals surface area contributed by atoms with Gasteiger partial charge in [-0.1, -0.05) is 12.1 Å². The minimum atomic E-state index is -5.99. The molecular formula is C24H19F9N2O2. The molecule has 0 spiro atoms. The lowest BCUT2D eigenvalue weighted by molar-refractivity contribution is -0.376. The third-order valence-electron chi connectivity index (χ3n) is 6.35. The van der Waals surface area contributed by atoms with Crippen LogP contribution in [-0.4, -0.2) is 28.5 Å². The molecule has 200 valence electrons. The second kappa shape index (κ2) is 8.67. The van der Waals surface area contributed by atoms with E-state index in [4.69, 9.17) is 4.42 Å². The van der Waals surface area contributed by atoms with E-state index in [1.807, 2.05) is 0 Å². The van der Waals surface area contributed by atoms with Crippen LogP contribution in [0.4, 0.5) is 45.2 Å². The highest BCUT2D eigenvalue weighted by Gasteiger charge is 2.71. The third-order valence-corrected chi connectivity index (χ3v) is 6.35. The molecule has 0 fully saturated rings. The Labute approximate surface area is 204 Å². The van der Waals surface area contributed by atoms with Crippen molar-refractivity contribution in [1.82, 2.24) is 4.98 Å². The second-order valence-corrected chi connectivity index (χ2v) is 8.83. The van der Waals surface area contributed by atoms with Gasteiger partial charge in [0.05, 0.1) is 12.1 Å². The van der Waals surface area contributed by atoms with Crippen molar-refractivity contribution in [3.63, 3.8) is 0 Å². The van der Waals surface area contributed by atoms with Gasteiger partial charge in [-0.25, -0.2) is 4.98 Å². The summed E-state index contributed by atoms with van der Waals surface area (Å²) in [5, 5.41) is 9.71. The Balaban J connectivity index is 1.62. The molecule has 13 heteroatoms. The van der Waals surface area contributed by atoms with Crippen LogP contribution in [0, 0.1) is 6.92 Å². The second-order valence-electron chi connectivity index (χ2n) is 8.83. The van der Waals surface area contributed by atoms with E-state index in [2.05, 4.69) is 4.98 Å². The van der Waals surface area contributed by atoms with Gasteiger partial charge in [0.1, 0.15) is 11.5 Å². The van der Waals surface area contributed by atoms with Gasteiger partial charge in [0.2, 0.25) is 5.89 Å². The van der Waals surface area contributed by atoms with Gasteiger partial charge in [-0.2, -0.15) is 39.5 Å². The minimum Gasteiger partial charge on any atom is -0.441 e. The molecule has 1 aliphatic heterocycles. The van der Waals surface area contributed by atoms with Crippen molar-refractivity contribution in [2.24, 2.45) is 0 Å². The number of aliphatic hydroxyl groups is 1. The van der Waals surface area contributed by atoms with E-state index in [1.165, 1.54) is 12.1 Å². The first kappa shape index (κ1) is 26.8. The summed E-state index contributed by atoms with van der Waals surface area (Å²) >= 11 is 0. The summed E-state index contributed by atoms with van der Waals surface area (Å²) < 4.78 is 124. The molecule has 0 radical (unpaired) electrons. The van der Waals surface area contributed by atoms with Crippen LogP contribution in [0.2, 0.25) is 0 Å². The molecule has 1 N–H and O–H groups in total. The molecule has 2 aromatic carbocycles. The molecule has 0 bridgehead atoms.